The monoisotopic (exact) mass is 216 g/mol. The average Bonchev–Trinajstić information content (AvgIpc) is 2.73. The van der Waals surface area contributed by atoms with E-state index in [1.165, 1.54) is 6.92 Å². The van der Waals surface area contributed by atoms with Crippen LogP contribution in [0.3, 0.4) is 0 Å². The summed E-state index contributed by atoms with van der Waals surface area (Å²) < 4.78 is 0. The minimum absolute atomic E-state index is 0.00527. The lowest BCUT2D eigenvalue weighted by Crippen LogP contribution is -2.15. The molecule has 0 atom stereocenters. The molecule has 84 valence electrons. The number of rotatable bonds is 3. The second-order valence-corrected chi connectivity index (χ2v) is 4.14. The number of benzene rings is 1. The molecule has 0 heterocycles. The van der Waals surface area contributed by atoms with Crippen LogP contribution < -0.4 is 11.1 Å². The highest BCUT2D eigenvalue weighted by Gasteiger charge is 2.11. The van der Waals surface area contributed by atoms with Crippen LogP contribution in [-0.2, 0) is 0 Å². The Morgan fingerprint density at radius 3 is 2.69 bits per heavy atom. The number of nitrogen functional groups attached to an aromatic ring is 1. The Morgan fingerprint density at radius 2 is 2.06 bits per heavy atom. The standard InChI is InChI=1S/C13H16N2O/c1-9(16)12-8-11(6-7-13(12)14)15-10-4-2-3-5-10/h2-3,6-8,10,15H,4-5,14H2,1H3. The third kappa shape index (κ3) is 2.24. The van der Waals surface area contributed by atoms with Gasteiger partial charge < -0.3 is 11.1 Å². The molecule has 1 aliphatic carbocycles. The van der Waals surface area contributed by atoms with E-state index in [2.05, 4.69) is 17.5 Å². The summed E-state index contributed by atoms with van der Waals surface area (Å²) in [4.78, 5) is 11.3. The molecule has 0 bridgehead atoms. The van der Waals surface area contributed by atoms with E-state index in [4.69, 9.17) is 5.73 Å². The summed E-state index contributed by atoms with van der Waals surface area (Å²) in [6.45, 7) is 1.53. The Labute approximate surface area is 95.3 Å². The topological polar surface area (TPSA) is 55.1 Å². The zero-order valence-electron chi connectivity index (χ0n) is 9.36. The maximum Gasteiger partial charge on any atom is 0.161 e. The molecule has 3 heteroatoms. The van der Waals surface area contributed by atoms with E-state index in [0.717, 1.165) is 18.5 Å². The van der Waals surface area contributed by atoms with Crippen LogP contribution in [0.15, 0.2) is 30.4 Å². The lowest BCUT2D eigenvalue weighted by molar-refractivity contribution is 0.101. The highest BCUT2D eigenvalue weighted by Crippen LogP contribution is 2.21. The van der Waals surface area contributed by atoms with Crippen LogP contribution in [0, 0.1) is 0 Å². The normalized spacial score (nSPS) is 15.3. The molecule has 0 fully saturated rings. The van der Waals surface area contributed by atoms with Gasteiger partial charge in [-0.05, 0) is 38.0 Å². The van der Waals surface area contributed by atoms with Crippen molar-refractivity contribution in [1.29, 1.82) is 0 Å². The molecular formula is C13H16N2O. The number of Topliss-reactive ketones (excluding diaryl/α,β-unsaturated/α-hetero) is 1. The Kier molecular flexibility index (Phi) is 2.95. The number of nitrogens with one attached hydrogen (secondary N) is 1. The lowest BCUT2D eigenvalue weighted by Gasteiger charge is -2.14. The number of carbonyl (C=O) groups is 1. The maximum atomic E-state index is 11.3. The molecule has 0 saturated heterocycles. The van der Waals surface area contributed by atoms with Crippen molar-refractivity contribution >= 4 is 17.2 Å². The van der Waals surface area contributed by atoms with Gasteiger partial charge in [-0.2, -0.15) is 0 Å². The highest BCUT2D eigenvalue weighted by atomic mass is 16.1. The summed E-state index contributed by atoms with van der Waals surface area (Å²) in [7, 11) is 0. The molecule has 0 aliphatic heterocycles. The Morgan fingerprint density at radius 1 is 1.38 bits per heavy atom. The van der Waals surface area contributed by atoms with Gasteiger partial charge in [-0.1, -0.05) is 12.2 Å². The van der Waals surface area contributed by atoms with Crippen LogP contribution in [0.25, 0.3) is 0 Å². The van der Waals surface area contributed by atoms with Crippen molar-refractivity contribution in [2.75, 3.05) is 11.1 Å². The van der Waals surface area contributed by atoms with E-state index in [-0.39, 0.29) is 5.78 Å². The predicted molar refractivity (Wildman–Crippen MR) is 66.6 cm³/mol. The molecule has 0 aromatic heterocycles. The molecule has 1 aromatic carbocycles. The first-order valence-electron chi connectivity index (χ1n) is 5.49. The third-order valence-electron chi connectivity index (χ3n) is 2.81. The Hall–Kier alpha value is -1.77. The Bertz CT molecular complexity index is 430. The number of hydrogen-bond acceptors (Lipinski definition) is 3. The fourth-order valence-electron chi connectivity index (χ4n) is 1.92. The molecule has 0 unspecified atom stereocenters. The molecule has 16 heavy (non-hydrogen) atoms. The quantitative estimate of drug-likeness (QED) is 0.464. The van der Waals surface area contributed by atoms with Crippen LogP contribution in [0.4, 0.5) is 11.4 Å². The molecular weight excluding hydrogens is 200 g/mol. The van der Waals surface area contributed by atoms with Crippen molar-refractivity contribution in [2.45, 2.75) is 25.8 Å². The van der Waals surface area contributed by atoms with E-state index >= 15 is 0 Å². The van der Waals surface area contributed by atoms with Gasteiger partial charge in [-0.15, -0.1) is 0 Å². The minimum atomic E-state index is 0.00527. The summed E-state index contributed by atoms with van der Waals surface area (Å²) in [5, 5.41) is 3.39. The van der Waals surface area contributed by atoms with Gasteiger partial charge in [-0.3, -0.25) is 4.79 Å². The smallest absolute Gasteiger partial charge is 0.161 e. The van der Waals surface area contributed by atoms with Crippen LogP contribution in [0.2, 0.25) is 0 Å². The van der Waals surface area contributed by atoms with Crippen molar-refractivity contribution in [1.82, 2.24) is 0 Å². The second kappa shape index (κ2) is 4.39. The first kappa shape index (κ1) is 10.7. The summed E-state index contributed by atoms with van der Waals surface area (Å²) >= 11 is 0. The largest absolute Gasteiger partial charge is 0.398 e. The van der Waals surface area contributed by atoms with Gasteiger partial charge in [0, 0.05) is 23.0 Å². The number of ketones is 1. The molecule has 3 nitrogen and oxygen atoms in total. The molecule has 1 aliphatic rings. The van der Waals surface area contributed by atoms with Crippen LogP contribution >= 0.6 is 0 Å². The summed E-state index contributed by atoms with van der Waals surface area (Å²) in [5.74, 6) is 0.00527. The molecule has 3 N–H and O–H groups in total. The number of hydrogen-bond donors (Lipinski definition) is 2. The molecule has 0 saturated carbocycles. The van der Waals surface area contributed by atoms with Crippen LogP contribution in [0.1, 0.15) is 30.1 Å². The average molecular weight is 216 g/mol. The second-order valence-electron chi connectivity index (χ2n) is 4.14. The van der Waals surface area contributed by atoms with Crippen molar-refractivity contribution in [3.8, 4) is 0 Å². The minimum Gasteiger partial charge on any atom is -0.398 e. The number of carbonyl (C=O) groups excluding carboxylic acids is 1. The van der Waals surface area contributed by atoms with Gasteiger partial charge in [0.1, 0.15) is 0 Å². The molecule has 2 rings (SSSR count). The highest BCUT2D eigenvalue weighted by molar-refractivity contribution is 6.00. The van der Waals surface area contributed by atoms with Crippen LogP contribution in [-0.4, -0.2) is 11.8 Å². The van der Waals surface area contributed by atoms with Gasteiger partial charge in [0.2, 0.25) is 0 Å². The first-order valence-corrected chi connectivity index (χ1v) is 5.49. The fourth-order valence-corrected chi connectivity index (χ4v) is 1.92. The maximum absolute atomic E-state index is 11.3. The molecule has 0 radical (unpaired) electrons. The van der Waals surface area contributed by atoms with Crippen molar-refractivity contribution in [2.24, 2.45) is 0 Å². The molecule has 0 amide bonds. The lowest BCUT2D eigenvalue weighted by atomic mass is 10.1. The summed E-state index contributed by atoms with van der Waals surface area (Å²) in [5.41, 5.74) is 7.84. The number of anilines is 2. The van der Waals surface area contributed by atoms with Gasteiger partial charge in [0.15, 0.2) is 5.78 Å². The van der Waals surface area contributed by atoms with E-state index in [9.17, 15) is 4.79 Å². The molecule has 1 aromatic rings. The van der Waals surface area contributed by atoms with Gasteiger partial charge in [-0.25, -0.2) is 0 Å². The van der Waals surface area contributed by atoms with Gasteiger partial charge >= 0.3 is 0 Å². The van der Waals surface area contributed by atoms with Gasteiger partial charge in [0.25, 0.3) is 0 Å². The molecule has 0 spiro atoms. The van der Waals surface area contributed by atoms with Gasteiger partial charge in [0.05, 0.1) is 0 Å². The van der Waals surface area contributed by atoms with Crippen molar-refractivity contribution in [3.05, 3.63) is 35.9 Å². The van der Waals surface area contributed by atoms with Crippen molar-refractivity contribution in [3.63, 3.8) is 0 Å². The summed E-state index contributed by atoms with van der Waals surface area (Å²) in [6.07, 6.45) is 6.42. The zero-order valence-corrected chi connectivity index (χ0v) is 9.36. The predicted octanol–water partition coefficient (Wildman–Crippen LogP) is 2.60. The Balaban J connectivity index is 2.15. The van der Waals surface area contributed by atoms with E-state index < -0.39 is 0 Å². The first-order chi connectivity index (χ1) is 7.66. The number of nitrogens with two attached hydrogens (primary N) is 1. The van der Waals surface area contributed by atoms with E-state index in [1.807, 2.05) is 12.1 Å². The third-order valence-corrected chi connectivity index (χ3v) is 2.81. The zero-order chi connectivity index (χ0) is 11.5. The van der Waals surface area contributed by atoms with E-state index in [1.54, 1.807) is 6.07 Å². The van der Waals surface area contributed by atoms with E-state index in [0.29, 0.717) is 17.3 Å². The fraction of sp³-hybridized carbons (Fsp3) is 0.308. The summed E-state index contributed by atoms with van der Waals surface area (Å²) in [6, 6.07) is 5.97. The van der Waals surface area contributed by atoms with Crippen molar-refractivity contribution < 1.29 is 4.79 Å². The SMILES string of the molecule is CC(=O)c1cc(NC2CC=CC2)ccc1N. The van der Waals surface area contributed by atoms with Crippen LogP contribution in [0.5, 0.6) is 0 Å².